The van der Waals surface area contributed by atoms with Gasteiger partial charge in [0.1, 0.15) is 10.7 Å². The summed E-state index contributed by atoms with van der Waals surface area (Å²) in [4.78, 5) is 17.7. The summed E-state index contributed by atoms with van der Waals surface area (Å²) in [5.74, 6) is 0.832. The summed E-state index contributed by atoms with van der Waals surface area (Å²) in [6.07, 6.45) is 18.6. The number of para-hydroxylation sites is 2. The Morgan fingerprint density at radius 1 is 0.882 bits per heavy atom. The van der Waals surface area contributed by atoms with Gasteiger partial charge >= 0.3 is 5.97 Å². The van der Waals surface area contributed by atoms with E-state index in [1.54, 1.807) is 0 Å². The van der Waals surface area contributed by atoms with Gasteiger partial charge in [-0.3, -0.25) is 4.57 Å². The molecule has 2 aromatic heterocycles. The number of carbonyl (C=O) groups is 1. The number of carbonyl (C=O) groups excluding carboxylic acids is 1. The van der Waals surface area contributed by atoms with E-state index in [-0.39, 0.29) is 5.97 Å². The van der Waals surface area contributed by atoms with E-state index in [4.69, 9.17) is 9.72 Å². The predicted octanol–water partition coefficient (Wildman–Crippen LogP) is 8.90. The highest BCUT2D eigenvalue weighted by molar-refractivity contribution is 7.12. The number of ether oxygens (including phenoxy) is 1. The zero-order chi connectivity index (χ0) is 24.0. The molecular weight excluding hydrogens is 440 g/mol. The first-order valence-electron chi connectivity index (χ1n) is 13.5. The molecule has 0 N–H and O–H groups in total. The summed E-state index contributed by atoms with van der Waals surface area (Å²) in [6.45, 7) is 4.51. The van der Waals surface area contributed by atoms with Gasteiger partial charge in [0.05, 0.1) is 23.3 Å². The molecule has 5 heteroatoms. The second-order valence-corrected chi connectivity index (χ2v) is 10.1. The van der Waals surface area contributed by atoms with E-state index in [1.165, 1.54) is 88.4 Å². The number of hydrogen-bond donors (Lipinski definition) is 0. The standard InChI is InChI=1S/C29H42N2O2S/c1-3-5-6-7-8-9-10-11-12-13-14-15-16-21-28-30-25-19-17-18-20-26(25)31(28)24-22-27(34-23-24)29(32)33-4-2/h17-20,22-23H,3-16,21H2,1-2H3. The van der Waals surface area contributed by atoms with Crippen LogP contribution in [0.4, 0.5) is 0 Å². The molecule has 0 radical (unpaired) electrons. The van der Waals surface area contributed by atoms with Crippen LogP contribution in [0.3, 0.4) is 0 Å². The Bertz CT molecular complexity index is 991. The van der Waals surface area contributed by atoms with E-state index in [1.807, 2.05) is 30.5 Å². The van der Waals surface area contributed by atoms with E-state index < -0.39 is 0 Å². The molecule has 0 aliphatic rings. The van der Waals surface area contributed by atoms with Crippen molar-refractivity contribution in [2.75, 3.05) is 6.61 Å². The Morgan fingerprint density at radius 2 is 1.50 bits per heavy atom. The van der Waals surface area contributed by atoms with Crippen molar-refractivity contribution in [3.05, 3.63) is 46.4 Å². The summed E-state index contributed by atoms with van der Waals surface area (Å²) in [5, 5.41) is 2.04. The lowest BCUT2D eigenvalue weighted by Gasteiger charge is -2.07. The molecule has 0 spiro atoms. The topological polar surface area (TPSA) is 44.1 Å². The molecule has 0 bridgehead atoms. The minimum absolute atomic E-state index is 0.249. The fraction of sp³-hybridized carbons (Fsp3) is 0.586. The lowest BCUT2D eigenvalue weighted by atomic mass is 10.0. The van der Waals surface area contributed by atoms with Crippen molar-refractivity contribution in [3.63, 3.8) is 0 Å². The van der Waals surface area contributed by atoms with Gasteiger partial charge in [-0.2, -0.15) is 0 Å². The Hall–Kier alpha value is -2.14. The molecule has 0 saturated carbocycles. The third-order valence-electron chi connectivity index (χ3n) is 6.45. The molecule has 3 rings (SSSR count). The molecule has 0 saturated heterocycles. The number of nitrogens with zero attached hydrogens (tertiary/aromatic N) is 2. The van der Waals surface area contributed by atoms with Crippen molar-refractivity contribution < 1.29 is 9.53 Å². The van der Waals surface area contributed by atoms with Gasteiger partial charge in [-0.1, -0.05) is 96.1 Å². The molecule has 34 heavy (non-hydrogen) atoms. The van der Waals surface area contributed by atoms with E-state index >= 15 is 0 Å². The zero-order valence-corrected chi connectivity index (χ0v) is 22.0. The first-order valence-corrected chi connectivity index (χ1v) is 14.3. The van der Waals surface area contributed by atoms with E-state index in [2.05, 4.69) is 23.6 Å². The zero-order valence-electron chi connectivity index (χ0n) is 21.2. The summed E-state index contributed by atoms with van der Waals surface area (Å²) in [6, 6.07) is 10.2. The summed E-state index contributed by atoms with van der Waals surface area (Å²) < 4.78 is 7.39. The first kappa shape index (κ1) is 26.5. The molecular formula is C29H42N2O2S. The Labute approximate surface area is 209 Å². The van der Waals surface area contributed by atoms with E-state index in [0.717, 1.165) is 35.4 Å². The van der Waals surface area contributed by atoms with Crippen molar-refractivity contribution in [2.45, 2.75) is 104 Å². The quantitative estimate of drug-likeness (QED) is 0.142. The first-order chi connectivity index (χ1) is 16.7. The highest BCUT2D eigenvalue weighted by Gasteiger charge is 2.16. The maximum Gasteiger partial charge on any atom is 0.348 e. The van der Waals surface area contributed by atoms with Gasteiger partial charge in [0.2, 0.25) is 0 Å². The number of rotatable bonds is 17. The van der Waals surface area contributed by atoms with Gasteiger partial charge < -0.3 is 4.74 Å². The highest BCUT2D eigenvalue weighted by Crippen LogP contribution is 2.27. The molecule has 2 heterocycles. The molecule has 0 amide bonds. The third-order valence-corrected chi connectivity index (χ3v) is 7.35. The van der Waals surface area contributed by atoms with Crippen LogP contribution in [0.25, 0.3) is 16.7 Å². The van der Waals surface area contributed by atoms with Crippen LogP contribution >= 0.6 is 11.3 Å². The molecule has 3 aromatic rings. The number of fused-ring (bicyclic) bond motifs is 1. The van der Waals surface area contributed by atoms with Crippen molar-refractivity contribution in [1.82, 2.24) is 9.55 Å². The van der Waals surface area contributed by atoms with Crippen LogP contribution in [-0.2, 0) is 11.2 Å². The van der Waals surface area contributed by atoms with Gasteiger partial charge in [-0.15, -0.1) is 11.3 Å². The molecule has 0 aliphatic carbocycles. The monoisotopic (exact) mass is 482 g/mol. The van der Waals surface area contributed by atoms with Crippen LogP contribution in [0, 0.1) is 0 Å². The maximum absolute atomic E-state index is 12.1. The smallest absolute Gasteiger partial charge is 0.348 e. The number of unbranched alkanes of at least 4 members (excludes halogenated alkanes) is 12. The fourth-order valence-electron chi connectivity index (χ4n) is 4.59. The van der Waals surface area contributed by atoms with Crippen molar-refractivity contribution in [1.29, 1.82) is 0 Å². The second-order valence-electron chi connectivity index (χ2n) is 9.23. The van der Waals surface area contributed by atoms with E-state index in [9.17, 15) is 4.79 Å². The Morgan fingerprint density at radius 3 is 2.15 bits per heavy atom. The van der Waals surface area contributed by atoms with Crippen LogP contribution in [0.15, 0.2) is 35.7 Å². The van der Waals surface area contributed by atoms with Crippen LogP contribution < -0.4 is 0 Å². The number of thiophene rings is 1. The lowest BCUT2D eigenvalue weighted by molar-refractivity contribution is 0.0532. The molecule has 1 aromatic carbocycles. The number of hydrogen-bond acceptors (Lipinski definition) is 4. The van der Waals surface area contributed by atoms with E-state index in [0.29, 0.717) is 11.5 Å². The van der Waals surface area contributed by atoms with Crippen molar-refractivity contribution in [2.24, 2.45) is 0 Å². The largest absolute Gasteiger partial charge is 0.462 e. The Kier molecular flexibility index (Phi) is 11.7. The lowest BCUT2D eigenvalue weighted by Crippen LogP contribution is -2.03. The number of imidazole rings is 1. The third kappa shape index (κ3) is 7.97. The average Bonchev–Trinajstić information content (AvgIpc) is 3.47. The summed E-state index contributed by atoms with van der Waals surface area (Å²) >= 11 is 1.44. The molecule has 0 unspecified atom stereocenters. The molecule has 186 valence electrons. The minimum atomic E-state index is -0.249. The normalized spacial score (nSPS) is 11.4. The molecule has 0 fully saturated rings. The highest BCUT2D eigenvalue weighted by atomic mass is 32.1. The number of benzene rings is 1. The number of aromatic nitrogens is 2. The van der Waals surface area contributed by atoms with Crippen molar-refractivity contribution in [3.8, 4) is 5.69 Å². The van der Waals surface area contributed by atoms with Gasteiger partial charge in [0.15, 0.2) is 0 Å². The van der Waals surface area contributed by atoms with Crippen LogP contribution in [-0.4, -0.2) is 22.1 Å². The molecule has 4 nitrogen and oxygen atoms in total. The fourth-order valence-corrected chi connectivity index (χ4v) is 5.35. The van der Waals surface area contributed by atoms with Gasteiger partial charge in [0, 0.05) is 11.8 Å². The van der Waals surface area contributed by atoms with Gasteiger partial charge in [-0.05, 0) is 31.5 Å². The van der Waals surface area contributed by atoms with Gasteiger partial charge in [0.25, 0.3) is 0 Å². The number of esters is 1. The average molecular weight is 483 g/mol. The van der Waals surface area contributed by atoms with Gasteiger partial charge in [-0.25, -0.2) is 9.78 Å². The van der Waals surface area contributed by atoms with Crippen LogP contribution in [0.1, 0.15) is 113 Å². The SMILES string of the molecule is CCCCCCCCCCCCCCCc1nc2ccccc2n1-c1csc(C(=O)OCC)c1. The minimum Gasteiger partial charge on any atom is -0.462 e. The molecule has 0 atom stereocenters. The van der Waals surface area contributed by atoms with Crippen molar-refractivity contribution >= 4 is 28.3 Å². The Balaban J connectivity index is 1.44. The summed E-state index contributed by atoms with van der Waals surface area (Å²) in [7, 11) is 0. The molecule has 0 aliphatic heterocycles. The maximum atomic E-state index is 12.1. The predicted molar refractivity (Wildman–Crippen MR) is 144 cm³/mol. The van der Waals surface area contributed by atoms with Crippen LogP contribution in [0.5, 0.6) is 0 Å². The number of aryl methyl sites for hydroxylation is 1. The summed E-state index contributed by atoms with van der Waals surface area (Å²) in [5.41, 5.74) is 3.11. The second kappa shape index (κ2) is 15.0. The van der Waals surface area contributed by atoms with Crippen LogP contribution in [0.2, 0.25) is 0 Å².